The van der Waals surface area contributed by atoms with Crippen LogP contribution >= 0.6 is 0 Å². The Hall–Kier alpha value is -2.94. The highest BCUT2D eigenvalue weighted by atomic mass is 32.2. The van der Waals surface area contributed by atoms with Gasteiger partial charge < -0.3 is 9.30 Å². The molecule has 1 saturated heterocycles. The molecule has 0 bridgehead atoms. The van der Waals surface area contributed by atoms with Gasteiger partial charge in [0.1, 0.15) is 30.1 Å². The summed E-state index contributed by atoms with van der Waals surface area (Å²) in [6.45, 7) is -1.43. The predicted octanol–water partition coefficient (Wildman–Crippen LogP) is 3.26. The number of hydrogen-bond donors (Lipinski definition) is 1. The second kappa shape index (κ2) is 8.90. The Kier molecular flexibility index (Phi) is 6.19. The third kappa shape index (κ3) is 3.97. The second-order valence-electron chi connectivity index (χ2n) is 7.39. The standard InChI is InChI=1S/C21H19F3N4O3S/c22-8-14(9-23)27-32(29,30)16-2-3-19(26-11-16)21-18(10-25)17-7-13(24)1-4-20(17)28(21)15-5-6-31-12-15/h1-4,7,11,14-15,27H,5-6,8-9,12H2. The van der Waals surface area contributed by atoms with E-state index in [4.69, 9.17) is 4.74 Å². The maximum Gasteiger partial charge on any atom is 0.242 e. The van der Waals surface area contributed by atoms with Crippen molar-refractivity contribution in [3.05, 3.63) is 47.9 Å². The van der Waals surface area contributed by atoms with Crippen molar-refractivity contribution < 1.29 is 26.3 Å². The lowest BCUT2D eigenvalue weighted by Gasteiger charge is -2.17. The first kappa shape index (κ1) is 22.3. The topological polar surface area (TPSA) is 97.0 Å². The third-order valence-electron chi connectivity index (χ3n) is 5.33. The van der Waals surface area contributed by atoms with Gasteiger partial charge in [0.2, 0.25) is 10.0 Å². The number of hydrogen-bond acceptors (Lipinski definition) is 5. The second-order valence-corrected chi connectivity index (χ2v) is 9.10. The van der Waals surface area contributed by atoms with E-state index in [0.717, 1.165) is 6.20 Å². The molecular formula is C21H19F3N4O3S. The fraction of sp³-hybridized carbons (Fsp3) is 0.333. The highest BCUT2D eigenvalue weighted by molar-refractivity contribution is 7.89. The molecule has 0 aliphatic carbocycles. The molecule has 168 valence electrons. The van der Waals surface area contributed by atoms with Crippen molar-refractivity contribution in [3.8, 4) is 17.5 Å². The van der Waals surface area contributed by atoms with Gasteiger partial charge in [-0.25, -0.2) is 26.3 Å². The molecule has 1 unspecified atom stereocenters. The first-order chi connectivity index (χ1) is 15.4. The Bertz CT molecular complexity index is 1280. The maximum absolute atomic E-state index is 13.9. The number of ether oxygens (including phenoxy) is 1. The average molecular weight is 464 g/mol. The van der Waals surface area contributed by atoms with E-state index in [2.05, 4.69) is 11.1 Å². The van der Waals surface area contributed by atoms with E-state index in [1.807, 2.05) is 9.29 Å². The van der Waals surface area contributed by atoms with Crippen molar-refractivity contribution in [1.29, 1.82) is 5.26 Å². The molecule has 32 heavy (non-hydrogen) atoms. The number of pyridine rings is 1. The summed E-state index contributed by atoms with van der Waals surface area (Å²) in [6.07, 6.45) is 1.74. The molecule has 1 atom stereocenters. The lowest BCUT2D eigenvalue weighted by Crippen LogP contribution is -2.37. The van der Waals surface area contributed by atoms with Crippen molar-refractivity contribution in [2.24, 2.45) is 0 Å². The number of nitrogens with one attached hydrogen (secondary N) is 1. The minimum absolute atomic E-state index is 0.109. The van der Waals surface area contributed by atoms with Gasteiger partial charge in [-0.2, -0.15) is 5.26 Å². The summed E-state index contributed by atoms with van der Waals surface area (Å²) in [5.41, 5.74) is 1.58. The lowest BCUT2D eigenvalue weighted by atomic mass is 10.1. The Morgan fingerprint density at radius 3 is 2.66 bits per heavy atom. The van der Waals surface area contributed by atoms with Crippen LogP contribution in [0.1, 0.15) is 18.0 Å². The highest BCUT2D eigenvalue weighted by Crippen LogP contribution is 2.38. The molecule has 2 aromatic heterocycles. The Balaban J connectivity index is 1.83. The Labute approximate surface area is 182 Å². The van der Waals surface area contributed by atoms with Crippen molar-refractivity contribution in [2.45, 2.75) is 23.4 Å². The van der Waals surface area contributed by atoms with E-state index in [1.165, 1.54) is 24.3 Å². The van der Waals surface area contributed by atoms with Crippen molar-refractivity contribution in [1.82, 2.24) is 14.3 Å². The first-order valence-electron chi connectivity index (χ1n) is 9.81. The van der Waals surface area contributed by atoms with Gasteiger partial charge >= 0.3 is 0 Å². The molecule has 1 aliphatic heterocycles. The maximum atomic E-state index is 13.9. The van der Waals surface area contributed by atoms with Crippen LogP contribution in [0.3, 0.4) is 0 Å². The number of nitrogens with zero attached hydrogens (tertiary/aromatic N) is 3. The van der Waals surface area contributed by atoms with Crippen molar-refractivity contribution in [3.63, 3.8) is 0 Å². The van der Waals surface area contributed by atoms with E-state index < -0.39 is 35.2 Å². The minimum Gasteiger partial charge on any atom is -0.379 e. The molecule has 0 amide bonds. The van der Waals surface area contributed by atoms with Crippen molar-refractivity contribution >= 4 is 20.9 Å². The molecule has 0 spiro atoms. The zero-order chi connectivity index (χ0) is 22.9. The summed E-state index contributed by atoms with van der Waals surface area (Å²) < 4.78 is 73.5. The number of nitriles is 1. The monoisotopic (exact) mass is 464 g/mol. The van der Waals surface area contributed by atoms with Crippen LogP contribution in [0.25, 0.3) is 22.3 Å². The number of alkyl halides is 2. The molecule has 11 heteroatoms. The Morgan fingerprint density at radius 1 is 1.28 bits per heavy atom. The van der Waals surface area contributed by atoms with E-state index >= 15 is 0 Å². The number of rotatable bonds is 7. The number of halogens is 3. The van der Waals surface area contributed by atoms with Gasteiger partial charge in [-0.05, 0) is 36.8 Å². The molecule has 0 saturated carbocycles. The van der Waals surface area contributed by atoms with E-state index in [1.54, 1.807) is 6.07 Å². The molecule has 3 heterocycles. The lowest BCUT2D eigenvalue weighted by molar-refractivity contribution is 0.187. The van der Waals surface area contributed by atoms with Crippen LogP contribution in [-0.2, 0) is 14.8 Å². The SMILES string of the molecule is N#Cc1c(-c2ccc(S(=O)(=O)NC(CF)CF)cn2)n(C2CCOC2)c2ccc(F)cc12. The average Bonchev–Trinajstić information content (AvgIpc) is 3.43. The number of fused-ring (bicyclic) bond motifs is 1. The van der Waals surface area contributed by atoms with E-state index in [0.29, 0.717) is 41.9 Å². The summed E-state index contributed by atoms with van der Waals surface area (Å²) >= 11 is 0. The molecule has 1 aliphatic rings. The Morgan fingerprint density at radius 2 is 2.06 bits per heavy atom. The molecule has 0 radical (unpaired) electrons. The largest absolute Gasteiger partial charge is 0.379 e. The molecule has 4 rings (SSSR count). The molecule has 3 aromatic rings. The minimum atomic E-state index is -4.19. The molecule has 1 N–H and O–H groups in total. The quantitative estimate of drug-likeness (QED) is 0.579. The summed E-state index contributed by atoms with van der Waals surface area (Å²) in [6, 6.07) is 7.34. The summed E-state index contributed by atoms with van der Waals surface area (Å²) in [4.78, 5) is 3.95. The van der Waals surface area contributed by atoms with Gasteiger partial charge in [0.05, 0.1) is 41.2 Å². The number of benzene rings is 1. The summed E-state index contributed by atoms with van der Waals surface area (Å²) in [7, 11) is -4.19. The van der Waals surface area contributed by atoms with Gasteiger partial charge in [0.15, 0.2) is 0 Å². The van der Waals surface area contributed by atoms with Crippen LogP contribution in [0.5, 0.6) is 0 Å². The fourth-order valence-corrected chi connectivity index (χ4v) is 4.97. The molecular weight excluding hydrogens is 445 g/mol. The van der Waals surface area contributed by atoms with Crippen LogP contribution in [0.15, 0.2) is 41.4 Å². The van der Waals surface area contributed by atoms with Gasteiger partial charge in [-0.1, -0.05) is 0 Å². The first-order valence-corrected chi connectivity index (χ1v) is 11.3. The summed E-state index contributed by atoms with van der Waals surface area (Å²) in [5.74, 6) is -0.490. The predicted molar refractivity (Wildman–Crippen MR) is 110 cm³/mol. The highest BCUT2D eigenvalue weighted by Gasteiger charge is 2.28. The summed E-state index contributed by atoms with van der Waals surface area (Å²) in [5, 5.41) is 10.3. The number of sulfonamides is 1. The van der Waals surface area contributed by atoms with Gasteiger partial charge in [-0.3, -0.25) is 4.98 Å². The van der Waals surface area contributed by atoms with Crippen LogP contribution in [0.2, 0.25) is 0 Å². The van der Waals surface area contributed by atoms with Gasteiger partial charge in [0, 0.05) is 18.2 Å². The molecule has 1 fully saturated rings. The smallest absolute Gasteiger partial charge is 0.242 e. The van der Waals surface area contributed by atoms with Crippen LogP contribution in [0, 0.1) is 17.1 Å². The normalized spacial score (nSPS) is 16.7. The number of aromatic nitrogens is 2. The zero-order valence-corrected chi connectivity index (χ0v) is 17.6. The fourth-order valence-electron chi connectivity index (χ4n) is 3.83. The van der Waals surface area contributed by atoms with E-state index in [9.17, 15) is 26.9 Å². The van der Waals surface area contributed by atoms with Crippen LogP contribution in [-0.4, -0.2) is 50.6 Å². The molecule has 7 nitrogen and oxygen atoms in total. The van der Waals surface area contributed by atoms with Crippen molar-refractivity contribution in [2.75, 3.05) is 26.6 Å². The van der Waals surface area contributed by atoms with Gasteiger partial charge in [-0.15, -0.1) is 0 Å². The van der Waals surface area contributed by atoms with E-state index in [-0.39, 0.29) is 16.5 Å². The zero-order valence-electron chi connectivity index (χ0n) is 16.8. The third-order valence-corrected chi connectivity index (χ3v) is 6.84. The van der Waals surface area contributed by atoms with Crippen LogP contribution in [0.4, 0.5) is 13.2 Å². The molecule has 1 aromatic carbocycles. The van der Waals surface area contributed by atoms with Crippen LogP contribution < -0.4 is 4.72 Å². The van der Waals surface area contributed by atoms with Gasteiger partial charge in [0.25, 0.3) is 0 Å².